The van der Waals surface area contributed by atoms with Gasteiger partial charge in [-0.1, -0.05) is 0 Å². The molecule has 1 aromatic rings. The van der Waals surface area contributed by atoms with Crippen molar-refractivity contribution in [2.24, 2.45) is 0 Å². The van der Waals surface area contributed by atoms with E-state index >= 15 is 0 Å². The zero-order valence-corrected chi connectivity index (χ0v) is 9.54. The fourth-order valence-electron chi connectivity index (χ4n) is 1.07. The van der Waals surface area contributed by atoms with Crippen LogP contribution in [0.25, 0.3) is 0 Å². The zero-order valence-electron chi connectivity index (χ0n) is 6.12. The molecule has 60 valence electrons. The summed E-state index contributed by atoms with van der Waals surface area (Å²) in [4.78, 5) is 0. The predicted molar refractivity (Wildman–Crippen MR) is 47.1 cm³/mol. The molecular weight excluding hydrogens is 270 g/mol. The summed E-state index contributed by atoms with van der Waals surface area (Å²) in [6, 6.07) is 2.14. The molecule has 2 nitrogen and oxygen atoms in total. The van der Waals surface area contributed by atoms with Gasteiger partial charge in [0, 0.05) is 0 Å². The van der Waals surface area contributed by atoms with Gasteiger partial charge in [0.25, 0.3) is 0 Å². The summed E-state index contributed by atoms with van der Waals surface area (Å²) >= 11 is 1.70. The van der Waals surface area contributed by atoms with E-state index in [1.807, 2.05) is 6.20 Å². The van der Waals surface area contributed by atoms with E-state index in [0.29, 0.717) is 0 Å². The van der Waals surface area contributed by atoms with Crippen LogP contribution < -0.4 is 0 Å². The number of hydrogen-bond donors (Lipinski definition) is 1. The molecule has 0 aliphatic carbocycles. The summed E-state index contributed by atoms with van der Waals surface area (Å²) in [7, 11) is 0. The van der Waals surface area contributed by atoms with Crippen LogP contribution in [0.1, 0.15) is 15.8 Å². The molecule has 1 aromatic heterocycles. The third-order valence-electron chi connectivity index (χ3n) is 1.60. The summed E-state index contributed by atoms with van der Waals surface area (Å²) in [5.41, 5.74) is 1.39. The van der Waals surface area contributed by atoms with Crippen molar-refractivity contribution in [3.63, 3.8) is 0 Å². The van der Waals surface area contributed by atoms with Gasteiger partial charge in [0.05, 0.1) is 0 Å². The maximum atomic E-state index is 3.99. The summed E-state index contributed by atoms with van der Waals surface area (Å²) in [6.45, 7) is 0. The van der Waals surface area contributed by atoms with E-state index in [2.05, 4.69) is 16.3 Å². The molecule has 0 amide bonds. The topological polar surface area (TPSA) is 28.7 Å². The summed E-state index contributed by atoms with van der Waals surface area (Å²) in [5.74, 6) is 0. The Morgan fingerprint density at radius 3 is 2.91 bits per heavy atom. The molecule has 0 spiro atoms. The second-order valence-corrected chi connectivity index (χ2v) is 9.04. The normalized spacial score (nSPS) is 20.4. The molecule has 11 heavy (non-hydrogen) atoms. The molecule has 1 N–H and O–H groups in total. The molecule has 1 aliphatic rings. The average Bonchev–Trinajstić information content (AvgIpc) is 2.58. The molecule has 0 aromatic carbocycles. The molecule has 2 rings (SSSR count). The number of aromatic amines is 1. The number of aromatic nitrogens is 2. The van der Waals surface area contributed by atoms with Crippen LogP contribution in [0.15, 0.2) is 12.3 Å². The van der Waals surface area contributed by atoms with Crippen molar-refractivity contribution >= 4 is 29.9 Å². The predicted octanol–water partition coefficient (Wildman–Crippen LogP) is 1.06. The molecule has 0 unspecified atom stereocenters. The van der Waals surface area contributed by atoms with E-state index in [0.717, 1.165) is 33.6 Å². The van der Waals surface area contributed by atoms with E-state index < -0.39 is 0 Å². The Bertz CT molecular complexity index is 204. The van der Waals surface area contributed by atoms with E-state index in [-0.39, 0.29) is 0 Å². The van der Waals surface area contributed by atoms with Gasteiger partial charge in [0.2, 0.25) is 0 Å². The second kappa shape index (κ2) is 3.77. The number of nitrogens with zero attached hydrogens (tertiary/aromatic N) is 1. The molecule has 0 saturated carbocycles. The van der Waals surface area contributed by atoms with Crippen molar-refractivity contribution in [1.29, 1.82) is 0 Å². The number of hydrogen-bond acceptors (Lipinski definition) is 1. The first kappa shape index (κ1) is 7.88. The van der Waals surface area contributed by atoms with Crippen molar-refractivity contribution in [3.8, 4) is 0 Å². The molecule has 0 radical (unpaired) electrons. The summed E-state index contributed by atoms with van der Waals surface area (Å²) in [6.07, 6.45) is 3.35. The third kappa shape index (κ3) is 1.88. The van der Waals surface area contributed by atoms with Crippen LogP contribution in [0, 0.1) is 0 Å². The second-order valence-electron chi connectivity index (χ2n) is 2.44. The van der Waals surface area contributed by atoms with Crippen molar-refractivity contribution in [2.75, 3.05) is 0 Å². The fourth-order valence-corrected chi connectivity index (χ4v) is 8.85. The van der Waals surface area contributed by atoms with Crippen LogP contribution >= 0.6 is 0 Å². The number of nitrogens with one attached hydrogen (secondary N) is 1. The third-order valence-corrected chi connectivity index (χ3v) is 9.11. The van der Waals surface area contributed by atoms with Crippen LogP contribution in [0.2, 0.25) is 10.6 Å². The van der Waals surface area contributed by atoms with E-state index in [9.17, 15) is 0 Å². The first-order valence-corrected chi connectivity index (χ1v) is 8.09. The Kier molecular flexibility index (Phi) is 2.70. The molecule has 1 fully saturated rings. The van der Waals surface area contributed by atoms with Gasteiger partial charge in [-0.25, -0.2) is 0 Å². The van der Waals surface area contributed by atoms with Crippen LogP contribution in [0.4, 0.5) is 0 Å². The Balaban J connectivity index is 2.04. The van der Waals surface area contributed by atoms with Crippen molar-refractivity contribution in [1.82, 2.24) is 10.2 Å². The molecule has 1 aliphatic heterocycles. The summed E-state index contributed by atoms with van der Waals surface area (Å²) in [5, 5.41) is 10.0. The van der Waals surface area contributed by atoms with E-state index in [4.69, 9.17) is 0 Å². The maximum absolute atomic E-state index is 3.99. The Morgan fingerprint density at radius 2 is 2.27 bits per heavy atom. The van der Waals surface area contributed by atoms with Crippen LogP contribution in [-0.4, -0.2) is 40.1 Å². The first-order valence-electron chi connectivity index (χ1n) is 3.69. The minimum absolute atomic E-state index is 0.852. The minimum atomic E-state index is 0.852. The van der Waals surface area contributed by atoms with Gasteiger partial charge >= 0.3 is 78.8 Å². The SMILES string of the molecule is c1cc(C2[Se]CCC[Se]2)[nH]n1. The average molecular weight is 280 g/mol. The van der Waals surface area contributed by atoms with Gasteiger partial charge in [-0.05, 0) is 0 Å². The van der Waals surface area contributed by atoms with Crippen LogP contribution in [0.5, 0.6) is 0 Å². The number of H-pyrrole nitrogens is 1. The Hall–Kier alpha value is 0.249. The van der Waals surface area contributed by atoms with Gasteiger partial charge in [-0.2, -0.15) is 0 Å². The molecule has 0 atom stereocenters. The van der Waals surface area contributed by atoms with Crippen molar-refractivity contribution < 1.29 is 0 Å². The fraction of sp³-hybridized carbons (Fsp3) is 0.571. The summed E-state index contributed by atoms with van der Waals surface area (Å²) < 4.78 is 0.895. The van der Waals surface area contributed by atoms with E-state index in [1.54, 1.807) is 0 Å². The molecule has 0 bridgehead atoms. The van der Waals surface area contributed by atoms with Crippen LogP contribution in [-0.2, 0) is 0 Å². The quantitative estimate of drug-likeness (QED) is 0.766. The standard InChI is InChI=1S/C7H10N2Se2/c1-4-10-7(11-5-1)6-2-3-8-9-6/h2-3,7H,1,4-5H2,(H,8,9). The molecule has 2 heterocycles. The van der Waals surface area contributed by atoms with Gasteiger partial charge in [-0.3, -0.25) is 0 Å². The van der Waals surface area contributed by atoms with Crippen LogP contribution in [0.3, 0.4) is 0 Å². The monoisotopic (exact) mass is 282 g/mol. The van der Waals surface area contributed by atoms with Crippen molar-refractivity contribution in [3.05, 3.63) is 18.0 Å². The zero-order chi connectivity index (χ0) is 7.52. The molecule has 4 heteroatoms. The van der Waals surface area contributed by atoms with Crippen molar-refractivity contribution in [2.45, 2.75) is 20.8 Å². The molecular formula is C7H10N2Se2. The van der Waals surface area contributed by atoms with Gasteiger partial charge in [-0.15, -0.1) is 0 Å². The Morgan fingerprint density at radius 1 is 1.45 bits per heavy atom. The van der Waals surface area contributed by atoms with Gasteiger partial charge in [0.15, 0.2) is 0 Å². The van der Waals surface area contributed by atoms with E-state index in [1.165, 1.54) is 22.8 Å². The van der Waals surface area contributed by atoms with Gasteiger partial charge in [0.1, 0.15) is 0 Å². The number of rotatable bonds is 1. The Labute approximate surface area is 78.8 Å². The first-order chi connectivity index (χ1) is 5.47. The molecule has 1 saturated heterocycles. The van der Waals surface area contributed by atoms with Gasteiger partial charge < -0.3 is 0 Å².